The van der Waals surface area contributed by atoms with Crippen LogP contribution in [0.3, 0.4) is 0 Å². The fourth-order valence-corrected chi connectivity index (χ4v) is 3.02. The highest BCUT2D eigenvalue weighted by Crippen LogP contribution is 2.30. The zero-order valence-corrected chi connectivity index (χ0v) is 12.0. The van der Waals surface area contributed by atoms with Crippen LogP contribution in [0, 0.1) is 11.3 Å². The molecule has 0 saturated heterocycles. The van der Waals surface area contributed by atoms with E-state index in [0.717, 1.165) is 30.9 Å². The Hall–Kier alpha value is -1.58. The number of nitrogens with zero attached hydrogens (tertiary/aromatic N) is 1. The van der Waals surface area contributed by atoms with Gasteiger partial charge in [-0.15, -0.1) is 0 Å². The van der Waals surface area contributed by atoms with Gasteiger partial charge in [-0.2, -0.15) is 0 Å². The SMILES string of the molecule is N=C(N)c1cc2c(nc1OCCC1CCC1)CCCC2. The first-order valence-corrected chi connectivity index (χ1v) is 7.74. The number of aromatic nitrogens is 1. The van der Waals surface area contributed by atoms with E-state index in [9.17, 15) is 0 Å². The van der Waals surface area contributed by atoms with Crippen LogP contribution in [0.2, 0.25) is 0 Å². The lowest BCUT2D eigenvalue weighted by Gasteiger charge is -2.25. The van der Waals surface area contributed by atoms with Gasteiger partial charge in [0.2, 0.25) is 5.88 Å². The third kappa shape index (κ3) is 2.79. The Balaban J connectivity index is 1.74. The first kappa shape index (κ1) is 13.4. The summed E-state index contributed by atoms with van der Waals surface area (Å²) in [6, 6.07) is 2.02. The van der Waals surface area contributed by atoms with Crippen molar-refractivity contribution in [1.82, 2.24) is 4.98 Å². The standard InChI is InChI=1S/C16H23N3O/c17-15(18)13-10-12-6-1-2-7-14(12)19-16(13)20-9-8-11-4-3-5-11/h10-11H,1-9H2,(H3,17,18). The molecule has 108 valence electrons. The van der Waals surface area contributed by atoms with Crippen LogP contribution in [0.5, 0.6) is 5.88 Å². The van der Waals surface area contributed by atoms with Gasteiger partial charge in [-0.05, 0) is 49.7 Å². The molecule has 1 heterocycles. The average Bonchev–Trinajstić information content (AvgIpc) is 2.40. The van der Waals surface area contributed by atoms with Gasteiger partial charge >= 0.3 is 0 Å². The molecule has 0 aromatic carbocycles. The molecular formula is C16H23N3O. The van der Waals surface area contributed by atoms with Crippen molar-refractivity contribution in [2.75, 3.05) is 6.61 Å². The van der Waals surface area contributed by atoms with Crippen LogP contribution < -0.4 is 10.5 Å². The van der Waals surface area contributed by atoms with Gasteiger partial charge in [0.25, 0.3) is 0 Å². The molecule has 1 aromatic heterocycles. The van der Waals surface area contributed by atoms with Crippen LogP contribution in [0.1, 0.15) is 55.3 Å². The molecule has 0 unspecified atom stereocenters. The van der Waals surface area contributed by atoms with Crippen molar-refractivity contribution in [3.8, 4) is 5.88 Å². The van der Waals surface area contributed by atoms with E-state index in [0.29, 0.717) is 18.1 Å². The van der Waals surface area contributed by atoms with Crippen molar-refractivity contribution < 1.29 is 4.74 Å². The molecule has 2 aliphatic rings. The van der Waals surface area contributed by atoms with Gasteiger partial charge in [0.05, 0.1) is 12.2 Å². The van der Waals surface area contributed by atoms with Gasteiger partial charge in [0.1, 0.15) is 5.84 Å². The number of nitrogens with two attached hydrogens (primary N) is 1. The lowest BCUT2D eigenvalue weighted by Crippen LogP contribution is -2.19. The summed E-state index contributed by atoms with van der Waals surface area (Å²) in [6.07, 6.45) is 9.59. The van der Waals surface area contributed by atoms with E-state index in [1.165, 1.54) is 37.7 Å². The van der Waals surface area contributed by atoms with Crippen LogP contribution in [0.4, 0.5) is 0 Å². The smallest absolute Gasteiger partial charge is 0.224 e. The Labute approximate surface area is 120 Å². The molecule has 1 saturated carbocycles. The number of pyridine rings is 1. The second-order valence-electron chi connectivity index (χ2n) is 6.00. The maximum absolute atomic E-state index is 7.72. The highest BCUT2D eigenvalue weighted by atomic mass is 16.5. The van der Waals surface area contributed by atoms with Crippen LogP contribution in [0.15, 0.2) is 6.07 Å². The van der Waals surface area contributed by atoms with Crippen LogP contribution >= 0.6 is 0 Å². The van der Waals surface area contributed by atoms with Crippen molar-refractivity contribution >= 4 is 5.84 Å². The van der Waals surface area contributed by atoms with Crippen molar-refractivity contribution in [2.24, 2.45) is 11.7 Å². The molecule has 1 aromatic rings. The molecule has 4 nitrogen and oxygen atoms in total. The number of nitrogen functional groups attached to an aromatic ring is 1. The average molecular weight is 273 g/mol. The normalized spacial score (nSPS) is 18.2. The number of ether oxygens (including phenoxy) is 1. The van der Waals surface area contributed by atoms with E-state index >= 15 is 0 Å². The number of amidine groups is 1. The number of nitrogens with one attached hydrogen (secondary N) is 1. The first-order chi connectivity index (χ1) is 9.74. The Morgan fingerprint density at radius 3 is 2.80 bits per heavy atom. The minimum absolute atomic E-state index is 0.0597. The molecule has 0 aliphatic heterocycles. The Morgan fingerprint density at radius 2 is 2.10 bits per heavy atom. The molecule has 4 heteroatoms. The van der Waals surface area contributed by atoms with E-state index in [1.807, 2.05) is 6.07 Å². The molecule has 2 aliphatic carbocycles. The van der Waals surface area contributed by atoms with Crippen molar-refractivity contribution in [1.29, 1.82) is 5.41 Å². The maximum Gasteiger partial charge on any atom is 0.224 e. The minimum atomic E-state index is 0.0597. The maximum atomic E-state index is 7.72. The van der Waals surface area contributed by atoms with Crippen molar-refractivity contribution in [2.45, 2.75) is 51.4 Å². The minimum Gasteiger partial charge on any atom is -0.477 e. The lowest BCUT2D eigenvalue weighted by molar-refractivity contribution is 0.216. The molecule has 20 heavy (non-hydrogen) atoms. The van der Waals surface area contributed by atoms with E-state index in [1.54, 1.807) is 0 Å². The second kappa shape index (κ2) is 5.81. The summed E-state index contributed by atoms with van der Waals surface area (Å²) in [5.74, 6) is 1.45. The fourth-order valence-electron chi connectivity index (χ4n) is 3.02. The number of hydrogen-bond donors (Lipinski definition) is 2. The number of rotatable bonds is 5. The van der Waals surface area contributed by atoms with E-state index in [4.69, 9.17) is 15.9 Å². The quantitative estimate of drug-likeness (QED) is 0.640. The van der Waals surface area contributed by atoms with Gasteiger partial charge in [0.15, 0.2) is 0 Å². The number of hydrogen-bond acceptors (Lipinski definition) is 3. The van der Waals surface area contributed by atoms with Gasteiger partial charge < -0.3 is 10.5 Å². The van der Waals surface area contributed by atoms with Gasteiger partial charge in [-0.1, -0.05) is 19.3 Å². The summed E-state index contributed by atoms with van der Waals surface area (Å²) in [5, 5.41) is 7.72. The highest BCUT2D eigenvalue weighted by Gasteiger charge is 2.20. The first-order valence-electron chi connectivity index (χ1n) is 7.74. The molecule has 0 spiro atoms. The third-order valence-corrected chi connectivity index (χ3v) is 4.55. The third-order valence-electron chi connectivity index (χ3n) is 4.55. The Kier molecular flexibility index (Phi) is 3.90. The van der Waals surface area contributed by atoms with E-state index < -0.39 is 0 Å². The Bertz CT molecular complexity index is 509. The molecule has 0 amide bonds. The summed E-state index contributed by atoms with van der Waals surface area (Å²) in [6.45, 7) is 0.691. The largest absolute Gasteiger partial charge is 0.477 e. The molecule has 0 bridgehead atoms. The zero-order chi connectivity index (χ0) is 13.9. The summed E-state index contributed by atoms with van der Waals surface area (Å²) >= 11 is 0. The summed E-state index contributed by atoms with van der Waals surface area (Å²) < 4.78 is 5.84. The van der Waals surface area contributed by atoms with Crippen molar-refractivity contribution in [3.05, 3.63) is 22.9 Å². The number of fused-ring (bicyclic) bond motifs is 1. The Morgan fingerprint density at radius 1 is 1.30 bits per heavy atom. The summed E-state index contributed by atoms with van der Waals surface area (Å²) in [4.78, 5) is 4.63. The molecular weight excluding hydrogens is 250 g/mol. The predicted octanol–water partition coefficient (Wildman–Crippen LogP) is 2.81. The summed E-state index contributed by atoms with van der Waals surface area (Å²) in [7, 11) is 0. The van der Waals surface area contributed by atoms with Gasteiger partial charge in [-0.25, -0.2) is 4.98 Å². The van der Waals surface area contributed by atoms with E-state index in [2.05, 4.69) is 4.98 Å². The van der Waals surface area contributed by atoms with Crippen molar-refractivity contribution in [3.63, 3.8) is 0 Å². The van der Waals surface area contributed by atoms with Gasteiger partial charge in [-0.3, -0.25) is 5.41 Å². The lowest BCUT2D eigenvalue weighted by atomic mass is 9.83. The zero-order valence-electron chi connectivity index (χ0n) is 12.0. The van der Waals surface area contributed by atoms with E-state index in [-0.39, 0.29) is 5.84 Å². The molecule has 3 rings (SSSR count). The molecule has 1 fully saturated rings. The number of aryl methyl sites for hydroxylation is 2. The van der Waals surface area contributed by atoms with Crippen LogP contribution in [0.25, 0.3) is 0 Å². The van der Waals surface area contributed by atoms with Crippen LogP contribution in [-0.4, -0.2) is 17.4 Å². The second-order valence-corrected chi connectivity index (χ2v) is 6.00. The fraction of sp³-hybridized carbons (Fsp3) is 0.625. The monoisotopic (exact) mass is 273 g/mol. The van der Waals surface area contributed by atoms with Crippen LogP contribution in [-0.2, 0) is 12.8 Å². The summed E-state index contributed by atoms with van der Waals surface area (Å²) in [5.41, 5.74) is 8.73. The topological polar surface area (TPSA) is 72.0 Å². The van der Waals surface area contributed by atoms with Gasteiger partial charge in [0, 0.05) is 5.69 Å². The highest BCUT2D eigenvalue weighted by molar-refractivity contribution is 5.97. The molecule has 3 N–H and O–H groups in total. The predicted molar refractivity (Wildman–Crippen MR) is 79.3 cm³/mol. The molecule has 0 radical (unpaired) electrons. The molecule has 0 atom stereocenters.